The van der Waals surface area contributed by atoms with E-state index >= 15 is 0 Å². The van der Waals surface area contributed by atoms with Crippen LogP contribution in [-0.4, -0.2) is 18.9 Å². The topological polar surface area (TPSA) is 89.3 Å². The van der Waals surface area contributed by atoms with Crippen molar-refractivity contribution in [3.05, 3.63) is 20.5 Å². The van der Waals surface area contributed by atoms with Crippen LogP contribution in [0, 0.1) is 10.1 Å². The van der Waals surface area contributed by atoms with Crippen LogP contribution >= 0.6 is 22.9 Å². The van der Waals surface area contributed by atoms with Gasteiger partial charge >= 0.3 is 0 Å². The van der Waals surface area contributed by atoms with Crippen molar-refractivity contribution in [2.75, 3.05) is 0 Å². The Morgan fingerprint density at radius 3 is 2.53 bits per heavy atom. The fraction of sp³-hybridized carbons (Fsp3) is 0.600. The molecule has 19 heavy (non-hydrogen) atoms. The maximum Gasteiger partial charge on any atom is 0.300 e. The van der Waals surface area contributed by atoms with Gasteiger partial charge in [-0.25, -0.2) is 13.1 Å². The third kappa shape index (κ3) is 3.07. The van der Waals surface area contributed by atoms with Crippen molar-refractivity contribution in [1.82, 2.24) is 4.72 Å². The molecule has 0 radical (unpaired) electrons. The molecular weight excluding hydrogens is 312 g/mol. The first-order valence-corrected chi connectivity index (χ1v) is 8.39. The molecule has 1 N–H and O–H groups in total. The van der Waals surface area contributed by atoms with Gasteiger partial charge in [0.2, 0.25) is 0 Å². The Labute approximate surface area is 120 Å². The largest absolute Gasteiger partial charge is 0.300 e. The summed E-state index contributed by atoms with van der Waals surface area (Å²) < 4.78 is 26.8. The highest BCUT2D eigenvalue weighted by Crippen LogP contribution is 2.37. The predicted octanol–water partition coefficient (Wildman–Crippen LogP) is 2.92. The molecule has 1 aromatic heterocycles. The zero-order chi connectivity index (χ0) is 14.3. The minimum Gasteiger partial charge on any atom is -0.258 e. The van der Waals surface area contributed by atoms with Gasteiger partial charge < -0.3 is 0 Å². The van der Waals surface area contributed by atoms with E-state index < -0.39 is 20.5 Å². The highest BCUT2D eigenvalue weighted by atomic mass is 35.5. The zero-order valence-electron chi connectivity index (χ0n) is 10.2. The van der Waals surface area contributed by atoms with E-state index in [9.17, 15) is 18.5 Å². The molecule has 1 heterocycles. The quantitative estimate of drug-likeness (QED) is 0.681. The zero-order valence-corrected chi connectivity index (χ0v) is 12.6. The Bertz CT molecular complexity index is 605. The average molecular weight is 325 g/mol. The SMILES string of the molecule is CC1(NS(=O)(=O)c2cc([N+](=O)[O-])c(Cl)s2)CCCC1. The molecule has 0 aromatic carbocycles. The van der Waals surface area contributed by atoms with Crippen LogP contribution in [0.3, 0.4) is 0 Å². The van der Waals surface area contributed by atoms with Crippen molar-refractivity contribution in [3.8, 4) is 0 Å². The van der Waals surface area contributed by atoms with Gasteiger partial charge in [0.15, 0.2) is 4.34 Å². The molecule has 0 unspecified atom stereocenters. The number of halogens is 1. The van der Waals surface area contributed by atoms with E-state index in [-0.39, 0.29) is 14.2 Å². The summed E-state index contributed by atoms with van der Waals surface area (Å²) in [5.41, 5.74) is -0.840. The smallest absolute Gasteiger partial charge is 0.258 e. The van der Waals surface area contributed by atoms with Gasteiger partial charge in [0.25, 0.3) is 15.7 Å². The molecule has 9 heteroatoms. The van der Waals surface area contributed by atoms with Crippen LogP contribution in [0.1, 0.15) is 32.6 Å². The van der Waals surface area contributed by atoms with E-state index in [1.807, 2.05) is 6.92 Å². The summed E-state index contributed by atoms with van der Waals surface area (Å²) in [6.45, 7) is 1.85. The molecule has 1 fully saturated rings. The Balaban J connectivity index is 2.29. The highest BCUT2D eigenvalue weighted by molar-refractivity contribution is 7.91. The van der Waals surface area contributed by atoms with Crippen molar-refractivity contribution < 1.29 is 13.3 Å². The van der Waals surface area contributed by atoms with Crippen LogP contribution in [0.15, 0.2) is 10.3 Å². The van der Waals surface area contributed by atoms with Gasteiger partial charge in [-0.05, 0) is 19.8 Å². The maximum absolute atomic E-state index is 12.2. The number of nitrogens with zero attached hydrogens (tertiary/aromatic N) is 1. The summed E-state index contributed by atoms with van der Waals surface area (Å²) in [6.07, 6.45) is 3.50. The molecule has 0 saturated heterocycles. The molecule has 0 spiro atoms. The predicted molar refractivity (Wildman–Crippen MR) is 73.2 cm³/mol. The second-order valence-corrected chi connectivity index (χ2v) is 8.42. The molecule has 6 nitrogen and oxygen atoms in total. The van der Waals surface area contributed by atoms with Crippen LogP contribution in [-0.2, 0) is 10.0 Å². The highest BCUT2D eigenvalue weighted by Gasteiger charge is 2.35. The average Bonchev–Trinajstić information content (AvgIpc) is 2.84. The van der Waals surface area contributed by atoms with Gasteiger partial charge in [0.1, 0.15) is 4.21 Å². The molecule has 1 aliphatic carbocycles. The Hall–Kier alpha value is -0.700. The number of hydrogen-bond acceptors (Lipinski definition) is 5. The van der Waals surface area contributed by atoms with Gasteiger partial charge in [-0.15, -0.1) is 11.3 Å². The van der Waals surface area contributed by atoms with Crippen molar-refractivity contribution in [2.45, 2.75) is 42.4 Å². The van der Waals surface area contributed by atoms with Gasteiger partial charge in [-0.2, -0.15) is 0 Å². The van der Waals surface area contributed by atoms with Gasteiger partial charge in [-0.3, -0.25) is 10.1 Å². The van der Waals surface area contributed by atoms with E-state index in [4.69, 9.17) is 11.6 Å². The summed E-state index contributed by atoms with van der Waals surface area (Å²) in [4.78, 5) is 10.00. The van der Waals surface area contributed by atoms with Crippen molar-refractivity contribution in [2.24, 2.45) is 0 Å². The Kier molecular flexibility index (Phi) is 3.87. The summed E-state index contributed by atoms with van der Waals surface area (Å²) in [7, 11) is -3.76. The van der Waals surface area contributed by atoms with Crippen molar-refractivity contribution in [3.63, 3.8) is 0 Å². The lowest BCUT2D eigenvalue weighted by atomic mass is 10.0. The number of sulfonamides is 1. The fourth-order valence-electron chi connectivity index (χ4n) is 2.23. The second kappa shape index (κ2) is 5.01. The van der Waals surface area contributed by atoms with Crippen molar-refractivity contribution >= 4 is 38.6 Å². The van der Waals surface area contributed by atoms with E-state index in [2.05, 4.69) is 4.72 Å². The fourth-order valence-corrected chi connectivity index (χ4v) is 5.36. The minimum atomic E-state index is -3.76. The number of nitrogens with one attached hydrogen (secondary N) is 1. The molecule has 106 valence electrons. The van der Waals surface area contributed by atoms with Crippen LogP contribution in [0.5, 0.6) is 0 Å². The lowest BCUT2D eigenvalue weighted by Gasteiger charge is -2.24. The Morgan fingerprint density at radius 2 is 2.05 bits per heavy atom. The standard InChI is InChI=1S/C10H13ClN2O4S2/c1-10(4-2-3-5-10)12-19(16,17)8-6-7(13(14)15)9(11)18-8/h6,12H,2-5H2,1H3. The van der Waals surface area contributed by atoms with Crippen LogP contribution < -0.4 is 4.72 Å². The molecule has 0 amide bonds. The molecule has 0 bridgehead atoms. The Morgan fingerprint density at radius 1 is 1.47 bits per heavy atom. The lowest BCUT2D eigenvalue weighted by molar-refractivity contribution is -0.384. The molecular formula is C10H13ClN2O4S2. The number of nitro groups is 1. The summed E-state index contributed by atoms with van der Waals surface area (Å²) in [5, 5.41) is 10.7. The van der Waals surface area contributed by atoms with E-state index in [1.165, 1.54) is 0 Å². The lowest BCUT2D eigenvalue weighted by Crippen LogP contribution is -2.43. The van der Waals surface area contributed by atoms with E-state index in [0.29, 0.717) is 11.3 Å². The third-order valence-electron chi connectivity index (χ3n) is 3.20. The van der Waals surface area contributed by atoms with Crippen LogP contribution in [0.2, 0.25) is 4.34 Å². The first-order chi connectivity index (χ1) is 8.73. The van der Waals surface area contributed by atoms with Gasteiger partial charge in [0, 0.05) is 11.6 Å². The van der Waals surface area contributed by atoms with Gasteiger partial charge in [-0.1, -0.05) is 24.4 Å². The minimum absolute atomic E-state index is 0.114. The summed E-state index contributed by atoms with van der Waals surface area (Å²) in [5.74, 6) is 0. The molecule has 2 rings (SSSR count). The number of rotatable bonds is 4. The monoisotopic (exact) mass is 324 g/mol. The van der Waals surface area contributed by atoms with E-state index in [0.717, 1.165) is 31.7 Å². The van der Waals surface area contributed by atoms with Crippen LogP contribution in [0.25, 0.3) is 0 Å². The van der Waals surface area contributed by atoms with Crippen molar-refractivity contribution in [1.29, 1.82) is 0 Å². The first-order valence-electron chi connectivity index (χ1n) is 5.71. The molecule has 1 aromatic rings. The normalized spacial score (nSPS) is 18.6. The second-order valence-electron chi connectivity index (χ2n) is 4.85. The van der Waals surface area contributed by atoms with Gasteiger partial charge in [0.05, 0.1) is 4.92 Å². The molecule has 0 aliphatic heterocycles. The number of thiophene rings is 1. The summed E-state index contributed by atoms with van der Waals surface area (Å²) in [6, 6.07) is 1.01. The molecule has 1 saturated carbocycles. The maximum atomic E-state index is 12.2. The number of hydrogen-bond donors (Lipinski definition) is 1. The summed E-state index contributed by atoms with van der Waals surface area (Å²) >= 11 is 6.39. The first kappa shape index (κ1) is 14.7. The molecule has 0 atom stereocenters. The van der Waals surface area contributed by atoms with E-state index in [1.54, 1.807) is 0 Å². The molecule has 1 aliphatic rings. The van der Waals surface area contributed by atoms with Crippen LogP contribution in [0.4, 0.5) is 5.69 Å². The third-order valence-corrected chi connectivity index (χ3v) is 6.65.